The molecule has 21 heavy (non-hydrogen) atoms. The molecule has 0 aliphatic carbocycles. The van der Waals surface area contributed by atoms with Gasteiger partial charge in [-0.1, -0.05) is 11.6 Å². The summed E-state index contributed by atoms with van der Waals surface area (Å²) in [6, 6.07) is 4.96. The molecule has 2 rings (SSSR count). The lowest BCUT2D eigenvalue weighted by Crippen LogP contribution is -2.33. The van der Waals surface area contributed by atoms with E-state index in [1.165, 1.54) is 13.4 Å². The van der Waals surface area contributed by atoms with Crippen molar-refractivity contribution in [3.05, 3.63) is 41.4 Å². The standard InChI is InChI=1S/C14H17ClN4O2/c1-10(5-6-19-9-16-8-17-19)18-14(20)11-3-4-12(15)13(7-11)21-2/h3-4,7-10H,5-6H2,1-2H3,(H,18,20). The fourth-order valence-corrected chi connectivity index (χ4v) is 2.05. The molecule has 0 aliphatic rings. The summed E-state index contributed by atoms with van der Waals surface area (Å²) in [6.45, 7) is 2.65. The molecule has 2 aromatic rings. The number of aromatic nitrogens is 3. The fourth-order valence-electron chi connectivity index (χ4n) is 1.85. The van der Waals surface area contributed by atoms with Crippen molar-refractivity contribution >= 4 is 17.5 Å². The Bertz CT molecular complexity index is 601. The molecule has 112 valence electrons. The minimum absolute atomic E-state index is 0.0170. The van der Waals surface area contributed by atoms with Crippen molar-refractivity contribution in [1.29, 1.82) is 0 Å². The van der Waals surface area contributed by atoms with Gasteiger partial charge < -0.3 is 10.1 Å². The highest BCUT2D eigenvalue weighted by atomic mass is 35.5. The van der Waals surface area contributed by atoms with Crippen molar-refractivity contribution in [2.75, 3.05) is 7.11 Å². The topological polar surface area (TPSA) is 69.0 Å². The Labute approximate surface area is 128 Å². The largest absolute Gasteiger partial charge is 0.495 e. The minimum Gasteiger partial charge on any atom is -0.495 e. The van der Waals surface area contributed by atoms with E-state index in [-0.39, 0.29) is 11.9 Å². The third-order valence-corrected chi connectivity index (χ3v) is 3.36. The van der Waals surface area contributed by atoms with E-state index in [9.17, 15) is 4.79 Å². The van der Waals surface area contributed by atoms with Crippen molar-refractivity contribution in [3.63, 3.8) is 0 Å². The zero-order valence-electron chi connectivity index (χ0n) is 11.9. The van der Waals surface area contributed by atoms with Crippen LogP contribution in [0.5, 0.6) is 5.75 Å². The summed E-state index contributed by atoms with van der Waals surface area (Å²) in [7, 11) is 1.52. The second kappa shape index (κ2) is 7.08. The zero-order valence-corrected chi connectivity index (χ0v) is 12.7. The van der Waals surface area contributed by atoms with Gasteiger partial charge in [0.05, 0.1) is 12.1 Å². The van der Waals surface area contributed by atoms with Crippen LogP contribution in [0.15, 0.2) is 30.9 Å². The van der Waals surface area contributed by atoms with Crippen LogP contribution in [0.4, 0.5) is 0 Å². The van der Waals surface area contributed by atoms with Crippen LogP contribution in [0, 0.1) is 0 Å². The van der Waals surface area contributed by atoms with Gasteiger partial charge >= 0.3 is 0 Å². The first kappa shape index (κ1) is 15.3. The number of halogens is 1. The number of aryl methyl sites for hydroxylation is 1. The van der Waals surface area contributed by atoms with Gasteiger partial charge in [0.2, 0.25) is 0 Å². The van der Waals surface area contributed by atoms with Gasteiger partial charge in [0.25, 0.3) is 5.91 Å². The number of carbonyl (C=O) groups excluding carboxylic acids is 1. The number of nitrogens with zero attached hydrogens (tertiary/aromatic N) is 3. The smallest absolute Gasteiger partial charge is 0.251 e. The average molecular weight is 309 g/mol. The second-order valence-electron chi connectivity index (χ2n) is 4.67. The van der Waals surface area contributed by atoms with E-state index < -0.39 is 0 Å². The number of methoxy groups -OCH3 is 1. The predicted molar refractivity (Wildman–Crippen MR) is 79.6 cm³/mol. The number of rotatable bonds is 6. The second-order valence-corrected chi connectivity index (χ2v) is 5.08. The third-order valence-electron chi connectivity index (χ3n) is 3.05. The highest BCUT2D eigenvalue weighted by Gasteiger charge is 2.12. The van der Waals surface area contributed by atoms with Crippen LogP contribution < -0.4 is 10.1 Å². The van der Waals surface area contributed by atoms with Crippen molar-refractivity contribution < 1.29 is 9.53 Å². The molecule has 1 aromatic heterocycles. The van der Waals surface area contributed by atoms with E-state index in [0.29, 0.717) is 22.9 Å². The van der Waals surface area contributed by atoms with Crippen LogP contribution >= 0.6 is 11.6 Å². The molecule has 1 atom stereocenters. The SMILES string of the molecule is COc1cc(C(=O)NC(C)CCn2cncn2)ccc1Cl. The highest BCUT2D eigenvalue weighted by Crippen LogP contribution is 2.24. The molecule has 1 N–H and O–H groups in total. The summed E-state index contributed by atoms with van der Waals surface area (Å²) in [5, 5.41) is 7.43. The maximum Gasteiger partial charge on any atom is 0.251 e. The third kappa shape index (κ3) is 4.19. The van der Waals surface area contributed by atoms with E-state index in [4.69, 9.17) is 16.3 Å². The van der Waals surface area contributed by atoms with E-state index in [1.54, 1.807) is 29.2 Å². The maximum atomic E-state index is 12.2. The number of ether oxygens (including phenoxy) is 1. The molecular weight excluding hydrogens is 292 g/mol. The molecule has 1 amide bonds. The average Bonchev–Trinajstić information content (AvgIpc) is 2.99. The Morgan fingerprint density at radius 3 is 3.00 bits per heavy atom. The van der Waals surface area contributed by atoms with Gasteiger partial charge in [0, 0.05) is 18.2 Å². The monoisotopic (exact) mass is 308 g/mol. The fraction of sp³-hybridized carbons (Fsp3) is 0.357. The minimum atomic E-state index is -0.156. The Balaban J connectivity index is 1.91. The highest BCUT2D eigenvalue weighted by molar-refractivity contribution is 6.32. The lowest BCUT2D eigenvalue weighted by Gasteiger charge is -2.14. The predicted octanol–water partition coefficient (Wildman–Crippen LogP) is 2.15. The van der Waals surface area contributed by atoms with Crippen molar-refractivity contribution in [2.45, 2.75) is 25.9 Å². The number of hydrogen-bond acceptors (Lipinski definition) is 4. The molecule has 0 saturated carbocycles. The van der Waals surface area contributed by atoms with Gasteiger partial charge in [0.1, 0.15) is 18.4 Å². The Hall–Kier alpha value is -2.08. The summed E-state index contributed by atoms with van der Waals surface area (Å²) in [5.41, 5.74) is 0.517. The number of carbonyl (C=O) groups is 1. The zero-order chi connectivity index (χ0) is 15.2. The van der Waals surface area contributed by atoms with Crippen LogP contribution in [0.2, 0.25) is 5.02 Å². The lowest BCUT2D eigenvalue weighted by molar-refractivity contribution is 0.0937. The molecule has 1 unspecified atom stereocenters. The first-order chi connectivity index (χ1) is 10.1. The lowest BCUT2D eigenvalue weighted by atomic mass is 10.1. The Kier molecular flexibility index (Phi) is 5.16. The molecule has 6 nitrogen and oxygen atoms in total. The Morgan fingerprint density at radius 2 is 2.33 bits per heavy atom. The van der Waals surface area contributed by atoms with Crippen LogP contribution in [0.1, 0.15) is 23.7 Å². The van der Waals surface area contributed by atoms with Crippen LogP contribution in [0.3, 0.4) is 0 Å². The molecule has 0 aliphatic heterocycles. The summed E-state index contributed by atoms with van der Waals surface area (Å²) in [5.74, 6) is 0.329. The van der Waals surface area contributed by atoms with Crippen molar-refractivity contribution in [3.8, 4) is 5.75 Å². The Morgan fingerprint density at radius 1 is 1.52 bits per heavy atom. The molecule has 1 heterocycles. The van der Waals surface area contributed by atoms with Crippen LogP contribution in [-0.2, 0) is 6.54 Å². The number of nitrogens with one attached hydrogen (secondary N) is 1. The first-order valence-electron chi connectivity index (χ1n) is 6.57. The molecule has 0 spiro atoms. The van der Waals surface area contributed by atoms with E-state index in [2.05, 4.69) is 15.4 Å². The van der Waals surface area contributed by atoms with Gasteiger partial charge in [0.15, 0.2) is 0 Å². The van der Waals surface area contributed by atoms with Gasteiger partial charge in [-0.25, -0.2) is 4.98 Å². The van der Waals surface area contributed by atoms with Gasteiger partial charge in [-0.3, -0.25) is 9.48 Å². The molecule has 0 fully saturated rings. The molecule has 7 heteroatoms. The number of hydrogen-bond donors (Lipinski definition) is 1. The maximum absolute atomic E-state index is 12.2. The summed E-state index contributed by atoms with van der Waals surface area (Å²) < 4.78 is 6.84. The van der Waals surface area contributed by atoms with E-state index in [1.807, 2.05) is 6.92 Å². The summed E-state index contributed by atoms with van der Waals surface area (Å²) in [4.78, 5) is 16.0. The summed E-state index contributed by atoms with van der Waals surface area (Å²) >= 11 is 5.94. The molecule has 0 saturated heterocycles. The molecule has 1 aromatic carbocycles. The molecular formula is C14H17ClN4O2. The summed E-state index contributed by atoms with van der Waals surface area (Å²) in [6.07, 6.45) is 3.90. The number of benzene rings is 1. The van der Waals surface area contributed by atoms with Crippen LogP contribution in [-0.4, -0.2) is 33.8 Å². The van der Waals surface area contributed by atoms with Gasteiger partial charge in [-0.2, -0.15) is 5.10 Å². The molecule has 0 radical (unpaired) electrons. The normalized spacial score (nSPS) is 12.0. The van der Waals surface area contributed by atoms with Crippen molar-refractivity contribution in [2.24, 2.45) is 0 Å². The number of amides is 1. The van der Waals surface area contributed by atoms with Crippen molar-refractivity contribution in [1.82, 2.24) is 20.1 Å². The van der Waals surface area contributed by atoms with Crippen LogP contribution in [0.25, 0.3) is 0 Å². The van der Waals surface area contributed by atoms with E-state index >= 15 is 0 Å². The van der Waals surface area contributed by atoms with E-state index in [0.717, 1.165) is 6.42 Å². The van der Waals surface area contributed by atoms with Gasteiger partial charge in [-0.05, 0) is 31.5 Å². The van der Waals surface area contributed by atoms with Gasteiger partial charge in [-0.15, -0.1) is 0 Å². The quantitative estimate of drug-likeness (QED) is 0.888. The first-order valence-corrected chi connectivity index (χ1v) is 6.94. The molecule has 0 bridgehead atoms.